The summed E-state index contributed by atoms with van der Waals surface area (Å²) in [7, 11) is 0. The van der Waals surface area contributed by atoms with E-state index >= 15 is 0 Å². The van der Waals surface area contributed by atoms with E-state index in [9.17, 15) is 4.79 Å². The Morgan fingerprint density at radius 3 is 2.61 bits per heavy atom. The van der Waals surface area contributed by atoms with Gasteiger partial charge in [0, 0.05) is 11.1 Å². The third-order valence-electron chi connectivity index (χ3n) is 4.81. The summed E-state index contributed by atoms with van der Waals surface area (Å²) in [5.74, 6) is 0.202. The second kappa shape index (κ2) is 7.01. The van der Waals surface area contributed by atoms with Crippen molar-refractivity contribution in [2.24, 2.45) is 0 Å². The smallest absolute Gasteiger partial charge is 0.245 e. The molecular weight excluding hydrogens is 286 g/mol. The van der Waals surface area contributed by atoms with Crippen molar-refractivity contribution >= 4 is 22.4 Å². The number of quaternary nitrogens is 1. The van der Waals surface area contributed by atoms with Crippen molar-refractivity contribution in [2.45, 2.75) is 19.9 Å². The van der Waals surface area contributed by atoms with E-state index in [1.165, 1.54) is 5.39 Å². The van der Waals surface area contributed by atoms with E-state index in [2.05, 4.69) is 30.4 Å². The average Bonchev–Trinajstić information content (AvgIpc) is 2.61. The molecule has 0 unspecified atom stereocenters. The summed E-state index contributed by atoms with van der Waals surface area (Å²) in [6.45, 7) is 9.16. The first-order chi connectivity index (χ1) is 11.2. The van der Waals surface area contributed by atoms with Crippen molar-refractivity contribution in [1.29, 1.82) is 0 Å². The molecule has 1 aliphatic heterocycles. The zero-order valence-electron chi connectivity index (χ0n) is 14.0. The summed E-state index contributed by atoms with van der Waals surface area (Å²) in [5.41, 5.74) is 1.03. The molecule has 2 aromatic carbocycles. The lowest BCUT2D eigenvalue weighted by molar-refractivity contribution is -0.902. The number of piperazine rings is 1. The van der Waals surface area contributed by atoms with Crippen LogP contribution in [-0.4, -0.2) is 49.6 Å². The van der Waals surface area contributed by atoms with Crippen LogP contribution in [0.15, 0.2) is 42.5 Å². The van der Waals surface area contributed by atoms with Gasteiger partial charge in [-0.05, 0) is 25.3 Å². The number of carbonyl (C=O) groups is 1. The molecule has 4 nitrogen and oxygen atoms in total. The Hall–Kier alpha value is -2.07. The van der Waals surface area contributed by atoms with Gasteiger partial charge in [-0.1, -0.05) is 36.4 Å². The standard InChI is InChI=1S/C19H25N3O/c1-3-21-11-13-22(14-12-21)19(23)15(2)20-18-10-6-8-16-7-4-5-9-17(16)18/h4-10,15,20H,3,11-14H2,1-2H3/p+1/t15-/m0/s1. The molecule has 122 valence electrons. The number of carbonyl (C=O) groups excluding carboxylic acids is 1. The van der Waals surface area contributed by atoms with Gasteiger partial charge in [0.25, 0.3) is 0 Å². The van der Waals surface area contributed by atoms with E-state index in [1.807, 2.05) is 36.1 Å². The van der Waals surface area contributed by atoms with Gasteiger partial charge in [-0.25, -0.2) is 0 Å². The Kier molecular flexibility index (Phi) is 4.82. The molecule has 0 radical (unpaired) electrons. The SMILES string of the molecule is CC[NH+]1CCN(C(=O)[C@H](C)Nc2cccc3ccccc23)CC1. The Morgan fingerprint density at radius 2 is 1.87 bits per heavy atom. The Bertz CT molecular complexity index is 672. The summed E-state index contributed by atoms with van der Waals surface area (Å²) in [6, 6.07) is 14.2. The van der Waals surface area contributed by atoms with E-state index in [0.717, 1.165) is 43.8 Å². The number of benzene rings is 2. The molecule has 1 aliphatic rings. The third-order valence-corrected chi connectivity index (χ3v) is 4.81. The maximum atomic E-state index is 12.7. The number of hydrogen-bond acceptors (Lipinski definition) is 2. The molecule has 23 heavy (non-hydrogen) atoms. The molecule has 0 spiro atoms. The molecule has 0 aromatic heterocycles. The van der Waals surface area contributed by atoms with Gasteiger partial charge in [0.2, 0.25) is 5.91 Å². The van der Waals surface area contributed by atoms with Crippen LogP contribution in [0.2, 0.25) is 0 Å². The second-order valence-corrected chi connectivity index (χ2v) is 6.32. The molecule has 2 N–H and O–H groups in total. The minimum absolute atomic E-state index is 0.202. The van der Waals surface area contributed by atoms with Crippen LogP contribution in [0.3, 0.4) is 0 Å². The number of nitrogens with zero attached hydrogens (tertiary/aromatic N) is 1. The van der Waals surface area contributed by atoms with Crippen LogP contribution in [0.25, 0.3) is 10.8 Å². The van der Waals surface area contributed by atoms with Gasteiger partial charge in [-0.15, -0.1) is 0 Å². The van der Waals surface area contributed by atoms with Gasteiger partial charge >= 0.3 is 0 Å². The normalized spacial score (nSPS) is 17.2. The number of hydrogen-bond donors (Lipinski definition) is 2. The molecule has 1 amide bonds. The maximum Gasteiger partial charge on any atom is 0.245 e. The van der Waals surface area contributed by atoms with Crippen molar-refractivity contribution in [2.75, 3.05) is 38.0 Å². The van der Waals surface area contributed by atoms with Crippen molar-refractivity contribution < 1.29 is 9.69 Å². The van der Waals surface area contributed by atoms with E-state index in [1.54, 1.807) is 4.90 Å². The molecule has 0 aliphatic carbocycles. The number of likely N-dealkylation sites (N-methyl/N-ethyl adjacent to an activating group) is 1. The highest BCUT2D eigenvalue weighted by Crippen LogP contribution is 2.23. The molecule has 0 bridgehead atoms. The Labute approximate surface area is 138 Å². The number of nitrogens with one attached hydrogen (secondary N) is 2. The Morgan fingerprint density at radius 1 is 1.17 bits per heavy atom. The summed E-state index contributed by atoms with van der Waals surface area (Å²) in [5, 5.41) is 5.76. The zero-order valence-corrected chi connectivity index (χ0v) is 14.0. The fraction of sp³-hybridized carbons (Fsp3) is 0.421. The topological polar surface area (TPSA) is 36.8 Å². The number of anilines is 1. The van der Waals surface area contributed by atoms with E-state index in [0.29, 0.717) is 0 Å². The molecule has 2 aromatic rings. The number of amides is 1. The van der Waals surface area contributed by atoms with Crippen LogP contribution in [0.4, 0.5) is 5.69 Å². The molecule has 1 fully saturated rings. The van der Waals surface area contributed by atoms with Crippen LogP contribution in [0.1, 0.15) is 13.8 Å². The van der Waals surface area contributed by atoms with Gasteiger partial charge in [0.05, 0.1) is 32.7 Å². The highest BCUT2D eigenvalue weighted by Gasteiger charge is 2.26. The quantitative estimate of drug-likeness (QED) is 0.895. The van der Waals surface area contributed by atoms with E-state index < -0.39 is 0 Å². The highest BCUT2D eigenvalue weighted by molar-refractivity contribution is 5.95. The zero-order chi connectivity index (χ0) is 16.2. The molecule has 1 atom stereocenters. The molecule has 1 heterocycles. The summed E-state index contributed by atoms with van der Waals surface area (Å²) in [6.07, 6.45) is 0. The minimum atomic E-state index is -0.205. The van der Waals surface area contributed by atoms with Crippen LogP contribution in [-0.2, 0) is 4.79 Å². The fourth-order valence-corrected chi connectivity index (χ4v) is 3.32. The second-order valence-electron chi connectivity index (χ2n) is 6.32. The molecule has 3 rings (SSSR count). The van der Waals surface area contributed by atoms with Crippen molar-refractivity contribution in [3.63, 3.8) is 0 Å². The third kappa shape index (κ3) is 3.48. The summed E-state index contributed by atoms with van der Waals surface area (Å²) >= 11 is 0. The number of fused-ring (bicyclic) bond motifs is 1. The fourth-order valence-electron chi connectivity index (χ4n) is 3.32. The van der Waals surface area contributed by atoms with Gasteiger partial charge in [-0.3, -0.25) is 4.79 Å². The van der Waals surface area contributed by atoms with Gasteiger partial charge < -0.3 is 15.1 Å². The first kappa shape index (κ1) is 15.8. The van der Waals surface area contributed by atoms with Crippen molar-refractivity contribution in [1.82, 2.24) is 4.90 Å². The van der Waals surface area contributed by atoms with Crippen LogP contribution in [0, 0.1) is 0 Å². The highest BCUT2D eigenvalue weighted by atomic mass is 16.2. The largest absolute Gasteiger partial charge is 0.373 e. The Balaban J connectivity index is 1.68. The summed E-state index contributed by atoms with van der Waals surface area (Å²) in [4.78, 5) is 16.3. The lowest BCUT2D eigenvalue weighted by Crippen LogP contribution is -3.14. The average molecular weight is 312 g/mol. The predicted octanol–water partition coefficient (Wildman–Crippen LogP) is 1.39. The molecule has 1 saturated heterocycles. The monoisotopic (exact) mass is 312 g/mol. The molecule has 4 heteroatoms. The van der Waals surface area contributed by atoms with Crippen molar-refractivity contribution in [3.8, 4) is 0 Å². The van der Waals surface area contributed by atoms with Crippen LogP contribution < -0.4 is 10.2 Å². The first-order valence-electron chi connectivity index (χ1n) is 8.55. The maximum absolute atomic E-state index is 12.7. The van der Waals surface area contributed by atoms with E-state index in [4.69, 9.17) is 0 Å². The van der Waals surface area contributed by atoms with Gasteiger partial charge in [-0.2, -0.15) is 0 Å². The summed E-state index contributed by atoms with van der Waals surface area (Å²) < 4.78 is 0. The van der Waals surface area contributed by atoms with Gasteiger partial charge in [0.1, 0.15) is 6.04 Å². The lowest BCUT2D eigenvalue weighted by Gasteiger charge is -2.33. The first-order valence-corrected chi connectivity index (χ1v) is 8.55. The number of rotatable bonds is 4. The van der Waals surface area contributed by atoms with Gasteiger partial charge in [0.15, 0.2) is 0 Å². The molecular formula is C19H26N3O+. The predicted molar refractivity (Wildman–Crippen MR) is 94.9 cm³/mol. The van der Waals surface area contributed by atoms with Crippen molar-refractivity contribution in [3.05, 3.63) is 42.5 Å². The van der Waals surface area contributed by atoms with Crippen LogP contribution in [0.5, 0.6) is 0 Å². The van der Waals surface area contributed by atoms with E-state index in [-0.39, 0.29) is 11.9 Å². The van der Waals surface area contributed by atoms with Crippen LogP contribution >= 0.6 is 0 Å². The minimum Gasteiger partial charge on any atom is -0.373 e. The molecule has 0 saturated carbocycles. The lowest BCUT2D eigenvalue weighted by atomic mass is 10.1.